The Morgan fingerprint density at radius 2 is 2.38 bits per heavy atom. The average Bonchev–Trinajstić information content (AvgIpc) is 2.28. The number of hydrogen-bond donors (Lipinski definition) is 1. The Labute approximate surface area is 95.8 Å². The maximum absolute atomic E-state index is 11.1. The van der Waals surface area contributed by atoms with Crippen molar-refractivity contribution in [3.05, 3.63) is 30.1 Å². The van der Waals surface area contributed by atoms with Crippen molar-refractivity contribution in [3.8, 4) is 0 Å². The van der Waals surface area contributed by atoms with E-state index in [9.17, 15) is 4.79 Å². The van der Waals surface area contributed by atoms with Crippen LogP contribution in [0.25, 0.3) is 0 Å². The molecule has 4 nitrogen and oxygen atoms in total. The minimum Gasteiger partial charge on any atom is -0.466 e. The molecule has 1 heterocycles. The average molecular weight is 222 g/mol. The van der Waals surface area contributed by atoms with E-state index >= 15 is 0 Å². The Kier molecular flexibility index (Phi) is 5.50. The fourth-order valence-corrected chi connectivity index (χ4v) is 1.43. The summed E-state index contributed by atoms with van der Waals surface area (Å²) >= 11 is 0. The smallest absolute Gasteiger partial charge is 0.305 e. The van der Waals surface area contributed by atoms with Crippen molar-refractivity contribution in [3.63, 3.8) is 0 Å². The van der Waals surface area contributed by atoms with Gasteiger partial charge in [-0.15, -0.1) is 0 Å². The Balaban J connectivity index is 2.26. The summed E-state index contributed by atoms with van der Waals surface area (Å²) in [7, 11) is 0. The van der Waals surface area contributed by atoms with Crippen molar-refractivity contribution in [1.29, 1.82) is 0 Å². The van der Waals surface area contributed by atoms with E-state index < -0.39 is 0 Å². The molecule has 1 unspecified atom stereocenters. The molecule has 0 radical (unpaired) electrons. The second-order valence-electron chi connectivity index (χ2n) is 3.63. The topological polar surface area (TPSA) is 65.2 Å². The van der Waals surface area contributed by atoms with Crippen LogP contribution < -0.4 is 5.73 Å². The highest BCUT2D eigenvalue weighted by Crippen LogP contribution is 2.03. The highest BCUT2D eigenvalue weighted by atomic mass is 16.5. The van der Waals surface area contributed by atoms with E-state index in [1.165, 1.54) is 0 Å². The van der Waals surface area contributed by atoms with E-state index in [1.807, 2.05) is 18.2 Å². The largest absolute Gasteiger partial charge is 0.466 e. The minimum absolute atomic E-state index is 0.0423. The third kappa shape index (κ3) is 4.89. The first-order valence-corrected chi connectivity index (χ1v) is 5.53. The van der Waals surface area contributed by atoms with Crippen molar-refractivity contribution in [1.82, 2.24) is 4.98 Å². The molecule has 0 aliphatic rings. The number of carbonyl (C=O) groups is 1. The van der Waals surface area contributed by atoms with Gasteiger partial charge in [0.2, 0.25) is 0 Å². The lowest BCUT2D eigenvalue weighted by atomic mass is 10.1. The molecule has 0 saturated heterocycles. The number of hydrogen-bond acceptors (Lipinski definition) is 4. The van der Waals surface area contributed by atoms with Gasteiger partial charge in [-0.3, -0.25) is 9.78 Å². The molecule has 0 aliphatic heterocycles. The normalized spacial score (nSPS) is 12.1. The highest BCUT2D eigenvalue weighted by molar-refractivity contribution is 5.69. The van der Waals surface area contributed by atoms with Crippen molar-refractivity contribution < 1.29 is 9.53 Å². The van der Waals surface area contributed by atoms with Gasteiger partial charge in [0.05, 0.1) is 6.61 Å². The summed E-state index contributed by atoms with van der Waals surface area (Å²) in [5, 5.41) is 0. The molecule has 0 fully saturated rings. The number of carbonyl (C=O) groups excluding carboxylic acids is 1. The molecule has 2 N–H and O–H groups in total. The predicted octanol–water partition coefficient (Wildman–Crippen LogP) is 1.29. The maximum atomic E-state index is 11.1. The Bertz CT molecular complexity index is 314. The van der Waals surface area contributed by atoms with E-state index in [0.29, 0.717) is 25.9 Å². The van der Waals surface area contributed by atoms with Gasteiger partial charge < -0.3 is 10.5 Å². The molecule has 1 aromatic heterocycles. The van der Waals surface area contributed by atoms with Gasteiger partial charge in [0.15, 0.2) is 0 Å². The lowest BCUT2D eigenvalue weighted by molar-refractivity contribution is -0.143. The Hall–Kier alpha value is -1.42. The molecule has 0 spiro atoms. The molecular weight excluding hydrogens is 204 g/mol. The summed E-state index contributed by atoms with van der Waals surface area (Å²) in [4.78, 5) is 15.3. The lowest BCUT2D eigenvalue weighted by Gasteiger charge is -2.10. The van der Waals surface area contributed by atoms with Crippen LogP contribution in [-0.2, 0) is 16.0 Å². The van der Waals surface area contributed by atoms with Crippen molar-refractivity contribution in [2.45, 2.75) is 32.2 Å². The van der Waals surface area contributed by atoms with Gasteiger partial charge in [-0.1, -0.05) is 6.07 Å². The molecule has 0 amide bonds. The highest BCUT2D eigenvalue weighted by Gasteiger charge is 2.08. The summed E-state index contributed by atoms with van der Waals surface area (Å²) in [6, 6.07) is 5.69. The molecule has 16 heavy (non-hydrogen) atoms. The van der Waals surface area contributed by atoms with Gasteiger partial charge >= 0.3 is 5.97 Å². The fourth-order valence-electron chi connectivity index (χ4n) is 1.43. The summed E-state index contributed by atoms with van der Waals surface area (Å²) in [5.74, 6) is -0.182. The summed E-state index contributed by atoms with van der Waals surface area (Å²) in [6.07, 6.45) is 3.45. The van der Waals surface area contributed by atoms with Crippen molar-refractivity contribution in [2.75, 3.05) is 6.61 Å². The van der Waals surface area contributed by atoms with Gasteiger partial charge in [0.1, 0.15) is 0 Å². The quantitative estimate of drug-likeness (QED) is 0.737. The molecule has 1 aromatic rings. The summed E-state index contributed by atoms with van der Waals surface area (Å²) in [5.41, 5.74) is 6.86. The first-order valence-electron chi connectivity index (χ1n) is 5.53. The molecule has 1 rings (SSSR count). The monoisotopic (exact) mass is 222 g/mol. The lowest BCUT2D eigenvalue weighted by Crippen LogP contribution is -2.24. The van der Waals surface area contributed by atoms with Crippen LogP contribution in [0.2, 0.25) is 0 Å². The first kappa shape index (κ1) is 12.6. The summed E-state index contributed by atoms with van der Waals surface area (Å²) < 4.78 is 4.83. The van der Waals surface area contributed by atoms with Gasteiger partial charge in [-0.05, 0) is 25.5 Å². The van der Waals surface area contributed by atoms with Crippen LogP contribution in [0, 0.1) is 0 Å². The SMILES string of the molecule is CCOC(=O)CCC(N)Cc1ccccn1. The number of aromatic nitrogens is 1. The zero-order chi connectivity index (χ0) is 11.8. The number of nitrogens with zero attached hydrogens (tertiary/aromatic N) is 1. The molecule has 0 aliphatic carbocycles. The number of pyridine rings is 1. The van der Waals surface area contributed by atoms with E-state index in [-0.39, 0.29) is 12.0 Å². The maximum Gasteiger partial charge on any atom is 0.305 e. The molecule has 0 aromatic carbocycles. The molecule has 4 heteroatoms. The number of ether oxygens (including phenoxy) is 1. The molecule has 0 bridgehead atoms. The third-order valence-electron chi connectivity index (χ3n) is 2.22. The van der Waals surface area contributed by atoms with Crippen LogP contribution in [0.15, 0.2) is 24.4 Å². The van der Waals surface area contributed by atoms with Crippen LogP contribution in [-0.4, -0.2) is 23.6 Å². The minimum atomic E-state index is -0.182. The van der Waals surface area contributed by atoms with Gasteiger partial charge in [0.25, 0.3) is 0 Å². The molecule has 0 saturated carbocycles. The first-order chi connectivity index (χ1) is 7.72. The van der Waals surface area contributed by atoms with Crippen molar-refractivity contribution >= 4 is 5.97 Å². The van der Waals surface area contributed by atoms with Gasteiger partial charge in [-0.25, -0.2) is 0 Å². The van der Waals surface area contributed by atoms with Gasteiger partial charge in [-0.2, -0.15) is 0 Å². The predicted molar refractivity (Wildman–Crippen MR) is 61.8 cm³/mol. The fraction of sp³-hybridized carbons (Fsp3) is 0.500. The van der Waals surface area contributed by atoms with Crippen LogP contribution >= 0.6 is 0 Å². The third-order valence-corrected chi connectivity index (χ3v) is 2.22. The van der Waals surface area contributed by atoms with Crippen LogP contribution in [0.4, 0.5) is 0 Å². The molecular formula is C12H18N2O2. The van der Waals surface area contributed by atoms with E-state index in [4.69, 9.17) is 10.5 Å². The zero-order valence-corrected chi connectivity index (χ0v) is 9.56. The van der Waals surface area contributed by atoms with E-state index in [2.05, 4.69) is 4.98 Å². The number of nitrogens with two attached hydrogens (primary N) is 1. The van der Waals surface area contributed by atoms with Crippen LogP contribution in [0.3, 0.4) is 0 Å². The Morgan fingerprint density at radius 3 is 3.00 bits per heavy atom. The van der Waals surface area contributed by atoms with Crippen LogP contribution in [0.5, 0.6) is 0 Å². The summed E-state index contributed by atoms with van der Waals surface area (Å²) in [6.45, 7) is 2.22. The molecule has 1 atom stereocenters. The van der Waals surface area contributed by atoms with Crippen LogP contribution in [0.1, 0.15) is 25.5 Å². The zero-order valence-electron chi connectivity index (χ0n) is 9.56. The van der Waals surface area contributed by atoms with E-state index in [0.717, 1.165) is 5.69 Å². The second-order valence-corrected chi connectivity index (χ2v) is 3.63. The van der Waals surface area contributed by atoms with Crippen molar-refractivity contribution in [2.24, 2.45) is 5.73 Å². The Morgan fingerprint density at radius 1 is 1.56 bits per heavy atom. The standard InChI is InChI=1S/C12H18N2O2/c1-2-16-12(15)7-6-10(13)9-11-5-3-4-8-14-11/h3-5,8,10H,2,6-7,9,13H2,1H3. The number of esters is 1. The second kappa shape index (κ2) is 6.95. The number of rotatable bonds is 6. The van der Waals surface area contributed by atoms with Gasteiger partial charge in [0, 0.05) is 30.8 Å². The van der Waals surface area contributed by atoms with E-state index in [1.54, 1.807) is 13.1 Å². The molecule has 88 valence electrons.